The molecule has 0 bridgehead atoms. The molecule has 4 rings (SSSR count). The van der Waals surface area contributed by atoms with Crippen LogP contribution in [0.3, 0.4) is 0 Å². The number of hydrogen-bond acceptors (Lipinski definition) is 6. The van der Waals surface area contributed by atoms with E-state index in [1.54, 1.807) is 43.3 Å². The normalized spacial score (nSPS) is 10.9. The first kappa shape index (κ1) is 17.7. The van der Waals surface area contributed by atoms with Gasteiger partial charge in [0.25, 0.3) is 5.91 Å². The molecule has 0 saturated carbocycles. The summed E-state index contributed by atoms with van der Waals surface area (Å²) in [4.78, 5) is 23.8. The molecule has 9 nitrogen and oxygen atoms in total. The Kier molecular flexibility index (Phi) is 4.28. The first-order chi connectivity index (χ1) is 13.4. The van der Waals surface area contributed by atoms with Crippen molar-refractivity contribution in [2.75, 3.05) is 5.32 Å². The third kappa shape index (κ3) is 3.30. The van der Waals surface area contributed by atoms with E-state index in [1.807, 2.05) is 0 Å². The number of carbonyl (C=O) groups is 1. The number of rotatable bonds is 4. The fourth-order valence-electron chi connectivity index (χ4n) is 2.62. The molecule has 0 atom stereocenters. The number of furan rings is 1. The molecule has 2 heterocycles. The van der Waals surface area contributed by atoms with E-state index in [4.69, 9.17) is 16.0 Å². The first-order valence-corrected chi connectivity index (χ1v) is 8.48. The molecule has 140 valence electrons. The van der Waals surface area contributed by atoms with Gasteiger partial charge in [0.05, 0.1) is 11.8 Å². The summed E-state index contributed by atoms with van der Waals surface area (Å²) in [5.41, 5.74) is 3.22. The predicted molar refractivity (Wildman–Crippen MR) is 102 cm³/mol. The van der Waals surface area contributed by atoms with E-state index in [0.717, 1.165) is 17.3 Å². The predicted octanol–water partition coefficient (Wildman–Crippen LogP) is 4.14. The smallest absolute Gasteiger partial charge is 0.395 e. The van der Waals surface area contributed by atoms with Crippen LogP contribution in [0.4, 0.5) is 11.6 Å². The van der Waals surface area contributed by atoms with Crippen LogP contribution in [-0.2, 0) is 0 Å². The summed E-state index contributed by atoms with van der Waals surface area (Å²) in [6.45, 7) is 1.81. The van der Waals surface area contributed by atoms with Gasteiger partial charge in [-0.3, -0.25) is 14.9 Å². The SMILES string of the molecule is Cc1cc2nn(-c3ccc(Cl)cc3)nc2cc1NC(=O)c1ccc([N+](=O)[O-])o1. The molecule has 0 spiro atoms. The lowest BCUT2D eigenvalue weighted by molar-refractivity contribution is -0.402. The van der Waals surface area contributed by atoms with E-state index in [0.29, 0.717) is 21.7 Å². The third-order valence-corrected chi connectivity index (χ3v) is 4.28. The van der Waals surface area contributed by atoms with Crippen LogP contribution >= 0.6 is 11.6 Å². The van der Waals surface area contributed by atoms with Gasteiger partial charge in [0, 0.05) is 10.7 Å². The molecule has 0 radical (unpaired) electrons. The summed E-state index contributed by atoms with van der Waals surface area (Å²) in [6.07, 6.45) is 0. The molecule has 0 unspecified atom stereocenters. The topological polar surface area (TPSA) is 116 Å². The van der Waals surface area contributed by atoms with Crippen molar-refractivity contribution >= 4 is 40.1 Å². The Morgan fingerprint density at radius 3 is 2.46 bits per heavy atom. The van der Waals surface area contributed by atoms with Crippen LogP contribution in [0.5, 0.6) is 0 Å². The standard InChI is InChI=1S/C18H12ClN5O4/c1-10-8-14-15(22-23(21-14)12-4-2-11(19)3-5-12)9-13(10)20-18(25)16-6-7-17(28-16)24(26)27/h2-9H,1H3,(H,20,25). The lowest BCUT2D eigenvalue weighted by Gasteiger charge is -2.06. The summed E-state index contributed by atoms with van der Waals surface area (Å²) in [7, 11) is 0. The fourth-order valence-corrected chi connectivity index (χ4v) is 2.75. The maximum atomic E-state index is 12.3. The molecule has 0 saturated heterocycles. The number of fused-ring (bicyclic) bond motifs is 1. The lowest BCUT2D eigenvalue weighted by atomic mass is 10.1. The zero-order valence-corrected chi connectivity index (χ0v) is 15.2. The average Bonchev–Trinajstić information content (AvgIpc) is 3.30. The Balaban J connectivity index is 1.63. The Hall–Kier alpha value is -3.72. The number of benzene rings is 2. The zero-order chi connectivity index (χ0) is 19.8. The molecule has 2 aromatic carbocycles. The summed E-state index contributed by atoms with van der Waals surface area (Å²) >= 11 is 5.90. The molecule has 0 fully saturated rings. The van der Waals surface area contributed by atoms with E-state index >= 15 is 0 Å². The monoisotopic (exact) mass is 397 g/mol. The number of aromatic nitrogens is 3. The largest absolute Gasteiger partial charge is 0.433 e. The highest BCUT2D eigenvalue weighted by Gasteiger charge is 2.18. The fraction of sp³-hybridized carbons (Fsp3) is 0.0556. The number of nitrogens with one attached hydrogen (secondary N) is 1. The van der Waals surface area contributed by atoms with Gasteiger partial charge in [0.2, 0.25) is 0 Å². The van der Waals surface area contributed by atoms with Gasteiger partial charge < -0.3 is 9.73 Å². The van der Waals surface area contributed by atoms with Gasteiger partial charge in [-0.1, -0.05) is 11.6 Å². The third-order valence-electron chi connectivity index (χ3n) is 4.03. The summed E-state index contributed by atoms with van der Waals surface area (Å²) in [6, 6.07) is 12.9. The van der Waals surface area contributed by atoms with Crippen molar-refractivity contribution in [1.29, 1.82) is 0 Å². The van der Waals surface area contributed by atoms with Gasteiger partial charge in [-0.25, -0.2) is 0 Å². The lowest BCUT2D eigenvalue weighted by Crippen LogP contribution is -2.11. The maximum absolute atomic E-state index is 12.3. The second-order valence-corrected chi connectivity index (χ2v) is 6.41. The van der Waals surface area contributed by atoms with Gasteiger partial charge in [0.1, 0.15) is 16.0 Å². The van der Waals surface area contributed by atoms with Gasteiger partial charge in [0.15, 0.2) is 5.76 Å². The highest BCUT2D eigenvalue weighted by atomic mass is 35.5. The van der Waals surface area contributed by atoms with Gasteiger partial charge >= 0.3 is 5.88 Å². The molecule has 4 aromatic rings. The van der Waals surface area contributed by atoms with Gasteiger partial charge in [-0.15, -0.1) is 10.2 Å². The van der Waals surface area contributed by atoms with Crippen LogP contribution < -0.4 is 5.32 Å². The number of amides is 1. The number of anilines is 1. The Morgan fingerprint density at radius 2 is 1.82 bits per heavy atom. The number of hydrogen-bond donors (Lipinski definition) is 1. The van der Waals surface area contributed by atoms with E-state index in [9.17, 15) is 14.9 Å². The van der Waals surface area contributed by atoms with Crippen LogP contribution in [-0.4, -0.2) is 25.8 Å². The maximum Gasteiger partial charge on any atom is 0.433 e. The number of nitro groups is 1. The number of nitrogens with zero attached hydrogens (tertiary/aromatic N) is 4. The van der Waals surface area contributed by atoms with Gasteiger partial charge in [-0.2, -0.15) is 4.80 Å². The summed E-state index contributed by atoms with van der Waals surface area (Å²) < 4.78 is 4.92. The van der Waals surface area contributed by atoms with Crippen LogP contribution in [0, 0.1) is 17.0 Å². The van der Waals surface area contributed by atoms with E-state index in [1.165, 1.54) is 10.9 Å². The van der Waals surface area contributed by atoms with Crippen molar-refractivity contribution in [3.05, 3.63) is 75.0 Å². The molecule has 1 N–H and O–H groups in total. The molecule has 0 aliphatic heterocycles. The van der Waals surface area contributed by atoms with Crippen LogP contribution in [0.15, 0.2) is 52.9 Å². The Labute approximate surface area is 162 Å². The second-order valence-electron chi connectivity index (χ2n) is 5.97. The van der Waals surface area contributed by atoms with Gasteiger partial charge in [-0.05, 0) is 55.0 Å². The molecule has 28 heavy (non-hydrogen) atoms. The molecule has 2 aromatic heterocycles. The van der Waals surface area contributed by atoms with Crippen LogP contribution in [0.25, 0.3) is 16.7 Å². The van der Waals surface area contributed by atoms with Crippen molar-refractivity contribution in [3.63, 3.8) is 0 Å². The number of aryl methyl sites for hydroxylation is 1. The van der Waals surface area contributed by atoms with Crippen molar-refractivity contribution in [1.82, 2.24) is 15.0 Å². The van der Waals surface area contributed by atoms with Crippen molar-refractivity contribution < 1.29 is 14.1 Å². The molecular formula is C18H12ClN5O4. The van der Waals surface area contributed by atoms with Crippen molar-refractivity contribution in [3.8, 4) is 5.69 Å². The summed E-state index contributed by atoms with van der Waals surface area (Å²) in [5, 5.41) is 22.8. The number of carbonyl (C=O) groups excluding carboxylic acids is 1. The molecule has 0 aliphatic carbocycles. The average molecular weight is 398 g/mol. The highest BCUT2D eigenvalue weighted by Crippen LogP contribution is 2.24. The van der Waals surface area contributed by atoms with Crippen molar-refractivity contribution in [2.45, 2.75) is 6.92 Å². The summed E-state index contributed by atoms with van der Waals surface area (Å²) in [5.74, 6) is -1.25. The first-order valence-electron chi connectivity index (χ1n) is 8.10. The Morgan fingerprint density at radius 1 is 1.14 bits per heavy atom. The van der Waals surface area contributed by atoms with Crippen LogP contribution in [0.1, 0.15) is 16.1 Å². The molecule has 10 heteroatoms. The molecule has 1 amide bonds. The van der Waals surface area contributed by atoms with E-state index < -0.39 is 16.7 Å². The zero-order valence-electron chi connectivity index (χ0n) is 14.4. The minimum absolute atomic E-state index is 0.156. The van der Waals surface area contributed by atoms with Crippen LogP contribution in [0.2, 0.25) is 5.02 Å². The van der Waals surface area contributed by atoms with E-state index in [2.05, 4.69) is 15.5 Å². The minimum atomic E-state index is -0.705. The second kappa shape index (κ2) is 6.78. The molecular weight excluding hydrogens is 386 g/mol. The molecule has 0 aliphatic rings. The Bertz CT molecular complexity index is 1210. The highest BCUT2D eigenvalue weighted by molar-refractivity contribution is 6.30. The minimum Gasteiger partial charge on any atom is -0.395 e. The quantitative estimate of drug-likeness (QED) is 0.408. The van der Waals surface area contributed by atoms with E-state index in [-0.39, 0.29) is 5.76 Å². The number of halogens is 1. The van der Waals surface area contributed by atoms with Crippen molar-refractivity contribution in [2.24, 2.45) is 0 Å².